The van der Waals surface area contributed by atoms with Crippen molar-refractivity contribution in [2.24, 2.45) is 0 Å². The normalized spacial score (nSPS) is 22.2. The van der Waals surface area contributed by atoms with E-state index in [0.717, 1.165) is 19.0 Å². The average molecular weight is 255 g/mol. The minimum Gasteiger partial charge on any atom is -0.312 e. The van der Waals surface area contributed by atoms with Crippen LogP contribution in [-0.4, -0.2) is 22.4 Å². The van der Waals surface area contributed by atoms with E-state index in [1.54, 1.807) is 0 Å². The number of hydrogen-bond acceptors (Lipinski definition) is 2. The fourth-order valence-electron chi connectivity index (χ4n) is 2.71. The fraction of sp³-hybridized carbons (Fsp3) is 0.438. The quantitative estimate of drug-likeness (QED) is 0.890. The van der Waals surface area contributed by atoms with Gasteiger partial charge in [0.05, 0.1) is 6.54 Å². The SMILES string of the molecule is Cc1ccc(C2CC(NCCn3cccn3)C2)cc1. The van der Waals surface area contributed by atoms with E-state index < -0.39 is 0 Å². The molecule has 1 saturated carbocycles. The smallest absolute Gasteiger partial charge is 0.0534 e. The van der Waals surface area contributed by atoms with E-state index in [9.17, 15) is 0 Å². The minimum atomic E-state index is 0.682. The van der Waals surface area contributed by atoms with Crippen LogP contribution in [0, 0.1) is 6.92 Å². The van der Waals surface area contributed by atoms with Crippen LogP contribution in [0.15, 0.2) is 42.7 Å². The van der Waals surface area contributed by atoms with Gasteiger partial charge in [-0.1, -0.05) is 29.8 Å². The Balaban J connectivity index is 1.39. The largest absolute Gasteiger partial charge is 0.312 e. The lowest BCUT2D eigenvalue weighted by Crippen LogP contribution is -2.41. The summed E-state index contributed by atoms with van der Waals surface area (Å²) >= 11 is 0. The predicted molar refractivity (Wildman–Crippen MR) is 77.2 cm³/mol. The predicted octanol–water partition coefficient (Wildman–Crippen LogP) is 2.73. The lowest BCUT2D eigenvalue weighted by atomic mass is 9.76. The highest BCUT2D eigenvalue weighted by Crippen LogP contribution is 2.36. The maximum atomic E-state index is 4.20. The molecule has 1 N–H and O–H groups in total. The van der Waals surface area contributed by atoms with Gasteiger partial charge in [-0.2, -0.15) is 5.10 Å². The van der Waals surface area contributed by atoms with Crippen LogP contribution in [0.25, 0.3) is 0 Å². The van der Waals surface area contributed by atoms with Gasteiger partial charge in [-0.05, 0) is 37.3 Å². The maximum Gasteiger partial charge on any atom is 0.0534 e. The Morgan fingerprint density at radius 1 is 1.26 bits per heavy atom. The molecule has 2 aromatic rings. The summed E-state index contributed by atoms with van der Waals surface area (Å²) in [5.74, 6) is 0.753. The number of nitrogens with one attached hydrogen (secondary N) is 1. The third kappa shape index (κ3) is 3.04. The van der Waals surface area contributed by atoms with Crippen molar-refractivity contribution in [1.82, 2.24) is 15.1 Å². The van der Waals surface area contributed by atoms with Crippen molar-refractivity contribution >= 4 is 0 Å². The first-order chi connectivity index (χ1) is 9.31. The highest BCUT2D eigenvalue weighted by atomic mass is 15.3. The molecule has 0 radical (unpaired) electrons. The van der Waals surface area contributed by atoms with E-state index in [1.165, 1.54) is 24.0 Å². The summed E-state index contributed by atoms with van der Waals surface area (Å²) in [6.07, 6.45) is 6.37. The first-order valence-electron chi connectivity index (χ1n) is 7.08. The van der Waals surface area contributed by atoms with Gasteiger partial charge >= 0.3 is 0 Å². The van der Waals surface area contributed by atoms with Crippen molar-refractivity contribution in [1.29, 1.82) is 0 Å². The van der Waals surface area contributed by atoms with Crippen LogP contribution in [0.4, 0.5) is 0 Å². The van der Waals surface area contributed by atoms with Crippen molar-refractivity contribution in [2.75, 3.05) is 6.54 Å². The van der Waals surface area contributed by atoms with E-state index in [2.05, 4.69) is 41.6 Å². The third-order valence-electron chi connectivity index (χ3n) is 4.02. The van der Waals surface area contributed by atoms with Gasteiger partial charge in [0.1, 0.15) is 0 Å². The van der Waals surface area contributed by atoms with Crippen molar-refractivity contribution in [2.45, 2.75) is 38.3 Å². The first-order valence-corrected chi connectivity index (χ1v) is 7.08. The topological polar surface area (TPSA) is 29.9 Å². The zero-order valence-electron chi connectivity index (χ0n) is 11.4. The first kappa shape index (κ1) is 12.4. The van der Waals surface area contributed by atoms with E-state index in [-0.39, 0.29) is 0 Å². The van der Waals surface area contributed by atoms with Gasteiger partial charge in [0.2, 0.25) is 0 Å². The molecule has 1 heterocycles. The summed E-state index contributed by atoms with van der Waals surface area (Å²) in [6, 6.07) is 11.6. The highest BCUT2D eigenvalue weighted by molar-refractivity contribution is 5.26. The van der Waals surface area contributed by atoms with E-state index >= 15 is 0 Å². The Kier molecular flexibility index (Phi) is 3.65. The molecule has 19 heavy (non-hydrogen) atoms. The monoisotopic (exact) mass is 255 g/mol. The Hall–Kier alpha value is -1.61. The molecule has 0 spiro atoms. The summed E-state index contributed by atoms with van der Waals surface area (Å²) in [7, 11) is 0. The molecule has 0 saturated heterocycles. The maximum absolute atomic E-state index is 4.20. The van der Waals surface area contributed by atoms with Crippen molar-refractivity contribution in [3.63, 3.8) is 0 Å². The molecule has 0 atom stereocenters. The van der Waals surface area contributed by atoms with Crippen LogP contribution < -0.4 is 5.32 Å². The molecule has 3 rings (SSSR count). The Bertz CT molecular complexity index is 495. The van der Waals surface area contributed by atoms with Gasteiger partial charge < -0.3 is 5.32 Å². The molecule has 3 nitrogen and oxygen atoms in total. The van der Waals surface area contributed by atoms with Crippen LogP contribution in [0.5, 0.6) is 0 Å². The Morgan fingerprint density at radius 3 is 2.74 bits per heavy atom. The number of aryl methyl sites for hydroxylation is 1. The van der Waals surface area contributed by atoms with Gasteiger partial charge in [0.25, 0.3) is 0 Å². The molecule has 1 fully saturated rings. The number of rotatable bonds is 5. The molecule has 0 bridgehead atoms. The number of nitrogens with zero attached hydrogens (tertiary/aromatic N) is 2. The van der Waals surface area contributed by atoms with E-state index in [4.69, 9.17) is 0 Å². The van der Waals surface area contributed by atoms with E-state index in [1.807, 2.05) is 23.1 Å². The van der Waals surface area contributed by atoms with Gasteiger partial charge in [-0.25, -0.2) is 0 Å². The van der Waals surface area contributed by atoms with Gasteiger partial charge in [0.15, 0.2) is 0 Å². The standard InChI is InChI=1S/C16H21N3/c1-13-3-5-14(6-4-13)15-11-16(12-15)17-8-10-19-9-2-7-18-19/h2-7,9,15-17H,8,10-12H2,1H3. The summed E-state index contributed by atoms with van der Waals surface area (Å²) < 4.78 is 1.98. The molecule has 1 aliphatic rings. The average Bonchev–Trinajstić information content (AvgIpc) is 2.87. The molecule has 0 amide bonds. The Morgan fingerprint density at radius 2 is 2.05 bits per heavy atom. The number of benzene rings is 1. The van der Waals surface area contributed by atoms with Gasteiger partial charge in [-0.15, -0.1) is 0 Å². The Labute approximate surface area is 114 Å². The molecule has 0 unspecified atom stereocenters. The fourth-order valence-corrected chi connectivity index (χ4v) is 2.71. The zero-order chi connectivity index (χ0) is 13.1. The van der Waals surface area contributed by atoms with Crippen LogP contribution >= 0.6 is 0 Å². The van der Waals surface area contributed by atoms with Crippen LogP contribution in [0.2, 0.25) is 0 Å². The highest BCUT2D eigenvalue weighted by Gasteiger charge is 2.29. The number of hydrogen-bond donors (Lipinski definition) is 1. The molecule has 0 aliphatic heterocycles. The van der Waals surface area contributed by atoms with Gasteiger partial charge in [-0.3, -0.25) is 4.68 Å². The van der Waals surface area contributed by atoms with Crippen LogP contribution in [0.3, 0.4) is 0 Å². The summed E-state index contributed by atoms with van der Waals surface area (Å²) in [5.41, 5.74) is 2.84. The molecule has 1 aliphatic carbocycles. The van der Waals surface area contributed by atoms with Crippen LogP contribution in [-0.2, 0) is 6.54 Å². The summed E-state index contributed by atoms with van der Waals surface area (Å²) in [5, 5.41) is 7.81. The second kappa shape index (κ2) is 5.57. The molecule has 100 valence electrons. The van der Waals surface area contributed by atoms with Crippen molar-refractivity contribution in [3.05, 3.63) is 53.9 Å². The molecular weight excluding hydrogens is 234 g/mol. The number of aromatic nitrogens is 2. The van der Waals surface area contributed by atoms with Crippen molar-refractivity contribution < 1.29 is 0 Å². The summed E-state index contributed by atoms with van der Waals surface area (Å²) in [6.45, 7) is 4.11. The second-order valence-corrected chi connectivity index (χ2v) is 5.50. The van der Waals surface area contributed by atoms with Crippen LogP contribution in [0.1, 0.15) is 29.9 Å². The van der Waals surface area contributed by atoms with Gasteiger partial charge in [0, 0.05) is 25.0 Å². The lowest BCUT2D eigenvalue weighted by molar-refractivity contribution is 0.286. The molecule has 1 aromatic heterocycles. The van der Waals surface area contributed by atoms with E-state index in [0.29, 0.717) is 6.04 Å². The summed E-state index contributed by atoms with van der Waals surface area (Å²) in [4.78, 5) is 0. The lowest BCUT2D eigenvalue weighted by Gasteiger charge is -2.36. The molecule has 1 aromatic carbocycles. The molecular formula is C16H21N3. The third-order valence-corrected chi connectivity index (χ3v) is 4.02. The van der Waals surface area contributed by atoms with Crippen molar-refractivity contribution in [3.8, 4) is 0 Å². The molecule has 3 heteroatoms. The second-order valence-electron chi connectivity index (χ2n) is 5.50. The zero-order valence-corrected chi connectivity index (χ0v) is 11.4. The minimum absolute atomic E-state index is 0.682.